The van der Waals surface area contributed by atoms with Crippen molar-refractivity contribution in [3.63, 3.8) is 0 Å². The number of nitrogens with one attached hydrogen (secondary N) is 1. The maximum Gasteiger partial charge on any atom is 0.337 e. The van der Waals surface area contributed by atoms with E-state index in [0.29, 0.717) is 95.7 Å². The van der Waals surface area contributed by atoms with Gasteiger partial charge in [-0.15, -0.1) is 69.4 Å². The van der Waals surface area contributed by atoms with Gasteiger partial charge in [-0.3, -0.25) is 33.8 Å². The SMILES string of the molecule is COC(=O)C1CCC(C(F)(F)c2ccccc2)CC1.COC(=O)c1ccc(C(=O)c2ccccc2)cc1.COC(=O)c1ccc(C2(c3ccccc3)SCCS2)cc1.ClCCl.O=C(O)c1ccc(C(F)(F)c2ccccc2)cc1.O=C(c1ccc(C(F)(F)c2ccccc2)cc1)N1CC(N2CCN(C(=O)c3nccs3)CC2)C1.O=C(c1nccs1)N1CCN(C2CNC2)CC1.SCCS. The van der Waals surface area contributed by atoms with E-state index in [9.17, 15) is 64.7 Å². The number of thiazole rings is 2. The van der Waals surface area contributed by atoms with Gasteiger partial charge in [0, 0.05) is 176 Å². The molecule has 0 bridgehead atoms. The van der Waals surface area contributed by atoms with E-state index in [-0.39, 0.29) is 90.2 Å². The number of esters is 3. The molecule has 0 unspecified atom stereocenters. The molecule has 6 fully saturated rings. The van der Waals surface area contributed by atoms with Gasteiger partial charge in [0.15, 0.2) is 15.8 Å². The van der Waals surface area contributed by atoms with Crippen LogP contribution in [0.2, 0.25) is 0 Å². The molecule has 11 aromatic rings. The number of carbonyl (C=O) groups excluding carboxylic acids is 7. The number of methoxy groups -OCH3 is 3. The lowest BCUT2D eigenvalue weighted by atomic mass is 9.77. The number of carbonyl (C=O) groups is 8. The van der Waals surface area contributed by atoms with Gasteiger partial charge in [-0.25, -0.2) is 33.1 Å². The molecule has 17 rings (SSSR count). The molecule has 134 heavy (non-hydrogen) atoms. The van der Waals surface area contributed by atoms with Crippen LogP contribution in [-0.2, 0) is 40.9 Å². The van der Waals surface area contributed by atoms with Gasteiger partial charge in [0.2, 0.25) is 0 Å². The summed E-state index contributed by atoms with van der Waals surface area (Å²) in [6.07, 6.45) is 5.02. The molecule has 0 spiro atoms. The standard InChI is InChI=1S/C25H24F2N4O2S.C17H16O2S2.C15H18F2O2.C15H12O3.C14H10F2O2.C11H16N4OS.C2H6S2.CH2Cl2/c26-25(27,19-4-2-1-3-5-19)20-8-6-18(7-9-20)23(32)31-16-21(17-31)29-11-13-30(14-12-29)24(33)22-28-10-15-34-22;1-19-16(18)13-7-9-15(10-8-13)17(20-11-12-21-17)14-5-3-2-4-6-14;1-19-14(18)11-7-9-13(10-8-11)15(16,17)12-5-3-2-4-6-12;1-18-15(17)13-9-7-12(8-10-13)14(16)11-5-3-2-4-6-11;15-14(16,11-4-2-1-3-5-11)12-8-6-10(7-9-12)13(17)18;16-11(10-13-1-6-17-10)15-4-2-14(3-5-15)9-7-12-8-9;3-1-2-4;2-1-3/h1-10,15,21H,11-14,16-17H2;2-10H,11-12H2,1H3;2-6,11,13H,7-10H2,1H3;2-10H,1H3;1-9H,(H,17,18);1,6,9,12H,2-5,7-8H2;3-4H,1-2H2;1H2. The Morgan fingerprint density at radius 1 is 0.433 bits per heavy atom. The van der Waals surface area contributed by atoms with Crippen LogP contribution in [0.3, 0.4) is 0 Å². The van der Waals surface area contributed by atoms with Gasteiger partial charge < -0.3 is 39.3 Å². The van der Waals surface area contributed by atoms with Gasteiger partial charge in [-0.05, 0) is 96.8 Å². The average Bonchev–Trinajstić information content (AvgIpc) is 1.44. The molecule has 5 aliphatic heterocycles. The molecule has 2 N–H and O–H groups in total. The van der Waals surface area contributed by atoms with Crippen LogP contribution < -0.4 is 5.32 Å². The predicted molar refractivity (Wildman–Crippen MR) is 524 cm³/mol. The number of rotatable bonds is 20. The third-order valence-electron chi connectivity index (χ3n) is 22.8. The summed E-state index contributed by atoms with van der Waals surface area (Å²) in [6.45, 7) is 9.82. The van der Waals surface area contributed by atoms with Crippen molar-refractivity contribution in [3.8, 4) is 0 Å². The van der Waals surface area contributed by atoms with E-state index in [1.165, 1.54) is 140 Å². The van der Waals surface area contributed by atoms with Crippen molar-refractivity contribution in [2.75, 3.05) is 128 Å². The number of thiol groups is 2. The van der Waals surface area contributed by atoms with Gasteiger partial charge in [-0.1, -0.05) is 200 Å². The number of hydrogen-bond donors (Lipinski definition) is 4. The van der Waals surface area contributed by atoms with Crippen molar-refractivity contribution in [1.29, 1.82) is 0 Å². The number of carboxylic acids is 1. The first kappa shape index (κ1) is 106. The van der Waals surface area contributed by atoms with E-state index >= 15 is 0 Å². The highest BCUT2D eigenvalue weighted by atomic mass is 35.5. The number of thioether (sulfide) groups is 2. The summed E-state index contributed by atoms with van der Waals surface area (Å²) in [5.41, 5.74) is 4.65. The van der Waals surface area contributed by atoms with Gasteiger partial charge in [0.1, 0.15) is 4.08 Å². The van der Waals surface area contributed by atoms with Crippen molar-refractivity contribution < 1.29 is 84.0 Å². The zero-order valence-corrected chi connectivity index (χ0v) is 80.3. The zero-order chi connectivity index (χ0) is 96.2. The molecule has 34 heteroatoms. The largest absolute Gasteiger partial charge is 0.478 e. The fourth-order valence-electron chi connectivity index (χ4n) is 15.2. The number of alkyl halides is 8. The molecule has 0 radical (unpaired) electrons. The molecule has 6 aliphatic rings. The number of benzene rings is 9. The summed E-state index contributed by atoms with van der Waals surface area (Å²) in [6, 6.07) is 68.0. The Bertz CT molecular complexity index is 5470. The Balaban J connectivity index is 0.000000167. The Morgan fingerprint density at radius 2 is 0.791 bits per heavy atom. The summed E-state index contributed by atoms with van der Waals surface area (Å²) in [5.74, 6) is -8.19. The fourth-order valence-corrected chi connectivity index (χ4v) is 19.7. The summed E-state index contributed by atoms with van der Waals surface area (Å²) < 4.78 is 100. The molecule has 1 aliphatic carbocycles. The number of aromatic carboxylic acids is 1. The summed E-state index contributed by atoms with van der Waals surface area (Å²) in [7, 11) is 4.07. The molecule has 2 aromatic heterocycles. The van der Waals surface area contributed by atoms with Crippen LogP contribution in [0.25, 0.3) is 0 Å². The number of hydrogen-bond acceptors (Lipinski definition) is 22. The predicted octanol–water partition coefficient (Wildman–Crippen LogP) is 19.8. The molecule has 1 saturated carbocycles. The van der Waals surface area contributed by atoms with Crippen LogP contribution in [0.5, 0.6) is 0 Å². The maximum atomic E-state index is 14.7. The second kappa shape index (κ2) is 52.7. The van der Waals surface area contributed by atoms with Gasteiger partial charge >= 0.3 is 23.9 Å². The smallest absolute Gasteiger partial charge is 0.337 e. The summed E-state index contributed by atoms with van der Waals surface area (Å²) >= 11 is 23.9. The third-order valence-corrected chi connectivity index (χ3v) is 28.7. The van der Waals surface area contributed by atoms with Gasteiger partial charge in [-0.2, -0.15) is 42.8 Å². The number of halogens is 8. The van der Waals surface area contributed by atoms with E-state index in [1.807, 2.05) is 87.2 Å². The maximum absolute atomic E-state index is 14.7. The molecule has 3 amide bonds. The second-order valence-corrected chi connectivity index (χ2v) is 37.3. The van der Waals surface area contributed by atoms with Crippen molar-refractivity contribution in [2.45, 2.75) is 59.6 Å². The second-order valence-electron chi connectivity index (χ2n) is 31.0. The number of carboxylic acid groups (broad SMARTS) is 1. The average molecular weight is 1990 g/mol. The number of amides is 3. The lowest BCUT2D eigenvalue weighted by Gasteiger charge is -2.48. The van der Waals surface area contributed by atoms with Crippen LogP contribution in [0.1, 0.15) is 142 Å². The van der Waals surface area contributed by atoms with Crippen LogP contribution in [0.15, 0.2) is 272 Å². The minimum Gasteiger partial charge on any atom is -0.478 e. The molecule has 7 heterocycles. The van der Waals surface area contributed by atoms with Crippen LogP contribution in [0.4, 0.5) is 26.3 Å². The molecule has 708 valence electrons. The molecule has 20 nitrogen and oxygen atoms in total. The van der Waals surface area contributed by atoms with Gasteiger partial charge in [0.25, 0.3) is 35.5 Å². The zero-order valence-electron chi connectivity index (χ0n) is 73.8. The first-order valence-corrected chi connectivity index (χ1v) is 49.0. The van der Waals surface area contributed by atoms with Crippen molar-refractivity contribution >= 4 is 142 Å². The number of ketones is 1. The number of ether oxygens (including phenoxy) is 3. The summed E-state index contributed by atoms with van der Waals surface area (Å²) in [4.78, 5) is 113. The van der Waals surface area contributed by atoms with E-state index in [2.05, 4.69) is 84.1 Å². The Morgan fingerprint density at radius 3 is 1.17 bits per heavy atom. The lowest BCUT2D eigenvalue weighted by molar-refractivity contribution is -0.149. The number of likely N-dealkylation sites (tertiary alicyclic amines) is 1. The van der Waals surface area contributed by atoms with E-state index in [1.54, 1.807) is 102 Å². The first-order valence-electron chi connectivity index (χ1n) is 43.0. The van der Waals surface area contributed by atoms with E-state index in [4.69, 9.17) is 33.0 Å². The molecular weight excluding hydrogens is 1880 g/mol. The molecule has 5 saturated heterocycles. The first-order chi connectivity index (χ1) is 64.6. The van der Waals surface area contributed by atoms with Gasteiger partial charge in [0.05, 0.1) is 49.3 Å². The Kier molecular flexibility index (Phi) is 41.5. The van der Waals surface area contributed by atoms with Crippen molar-refractivity contribution in [2.24, 2.45) is 11.8 Å². The molecule has 9 aromatic carbocycles. The number of nitrogens with zero attached hydrogens (tertiary/aromatic N) is 7. The van der Waals surface area contributed by atoms with Crippen LogP contribution in [-0.4, -0.2) is 227 Å². The monoisotopic (exact) mass is 1980 g/mol. The van der Waals surface area contributed by atoms with Crippen molar-refractivity contribution in [1.82, 2.24) is 39.8 Å². The Labute approximate surface area is 813 Å². The van der Waals surface area contributed by atoms with E-state index < -0.39 is 35.6 Å². The minimum absolute atomic E-state index is 0.0115. The Hall–Kier alpha value is -10.4. The highest BCUT2D eigenvalue weighted by Crippen LogP contribution is 2.56. The molecule has 0 atom stereocenters. The highest BCUT2D eigenvalue weighted by Gasteiger charge is 2.45. The molecular formula is C100H104Cl2F6N8O12S6. The number of piperazine rings is 2. The van der Waals surface area contributed by atoms with E-state index in [0.717, 1.165) is 87.5 Å². The lowest BCUT2D eigenvalue weighted by Crippen LogP contribution is -2.64. The normalized spacial score (nSPS) is 16.5. The number of aromatic nitrogens is 2. The summed E-state index contributed by atoms with van der Waals surface area (Å²) in [5, 5.41) is 17.0. The quantitative estimate of drug-likeness (QED) is 0.0138. The van der Waals surface area contributed by atoms with Crippen molar-refractivity contribution in [3.05, 3.63) is 354 Å². The van der Waals surface area contributed by atoms with Crippen LogP contribution >= 0.6 is 94.7 Å². The third kappa shape index (κ3) is 28.9. The minimum atomic E-state index is -3.13. The fraction of sp³-hybridized carbons (Fsp3) is 0.320. The highest BCUT2D eigenvalue weighted by molar-refractivity contribution is 8.20. The topological polar surface area (TPSA) is 238 Å². The van der Waals surface area contributed by atoms with Crippen LogP contribution in [0, 0.1) is 11.8 Å².